The maximum atomic E-state index is 11.6. The topological polar surface area (TPSA) is 44.4 Å². The van der Waals surface area contributed by atoms with Crippen molar-refractivity contribution in [2.75, 3.05) is 39.3 Å². The Labute approximate surface area is 125 Å². The van der Waals surface area contributed by atoms with E-state index in [2.05, 4.69) is 32.4 Å². The molecule has 0 saturated carbocycles. The Bertz CT molecular complexity index is 353. The van der Waals surface area contributed by atoms with Crippen molar-refractivity contribution in [2.45, 2.75) is 12.8 Å². The number of hydrogen-bond donors (Lipinski definition) is 2. The summed E-state index contributed by atoms with van der Waals surface area (Å²) < 4.78 is 0. The second-order valence-corrected chi connectivity index (χ2v) is 5.35. The Balaban J connectivity index is 0.00000180. The number of carbonyl (C=O) groups excluding carboxylic acids is 1. The predicted octanol–water partition coefficient (Wildman–Crippen LogP) is 1.12. The Morgan fingerprint density at radius 1 is 1.42 bits per heavy atom. The first-order valence-corrected chi connectivity index (χ1v) is 7.50. The SMILES string of the molecule is Cl.O=C(CCc1ccsc1)NCCN1CCNCC1. The van der Waals surface area contributed by atoms with Crippen molar-refractivity contribution < 1.29 is 4.79 Å². The number of carbonyl (C=O) groups is 1. The van der Waals surface area contributed by atoms with Gasteiger partial charge in [-0.1, -0.05) is 0 Å². The molecule has 0 unspecified atom stereocenters. The maximum Gasteiger partial charge on any atom is 0.220 e. The van der Waals surface area contributed by atoms with E-state index in [1.54, 1.807) is 11.3 Å². The standard InChI is InChI=1S/C13H21N3OS.ClH/c17-13(2-1-12-3-10-18-11-12)15-6-9-16-7-4-14-5-8-16;/h3,10-11,14H,1-2,4-9H2,(H,15,17);1H. The van der Waals surface area contributed by atoms with E-state index in [1.807, 2.05) is 0 Å². The first-order chi connectivity index (χ1) is 8.84. The molecule has 1 aromatic rings. The fourth-order valence-electron chi connectivity index (χ4n) is 2.07. The smallest absolute Gasteiger partial charge is 0.220 e. The highest BCUT2D eigenvalue weighted by atomic mass is 35.5. The number of hydrogen-bond acceptors (Lipinski definition) is 4. The molecular formula is C13H22ClN3OS. The van der Waals surface area contributed by atoms with Crippen LogP contribution in [0.3, 0.4) is 0 Å². The van der Waals surface area contributed by atoms with E-state index >= 15 is 0 Å². The molecule has 2 rings (SSSR count). The summed E-state index contributed by atoms with van der Waals surface area (Å²) in [5.74, 6) is 0.163. The van der Waals surface area contributed by atoms with Gasteiger partial charge in [0.15, 0.2) is 0 Å². The van der Waals surface area contributed by atoms with Gasteiger partial charge in [-0.25, -0.2) is 0 Å². The summed E-state index contributed by atoms with van der Waals surface area (Å²) in [6.45, 7) is 6.03. The zero-order valence-electron chi connectivity index (χ0n) is 11.1. The van der Waals surface area contributed by atoms with Gasteiger partial charge in [-0.3, -0.25) is 9.69 Å². The summed E-state index contributed by atoms with van der Waals surface area (Å²) in [5.41, 5.74) is 1.26. The second-order valence-electron chi connectivity index (χ2n) is 4.57. The molecule has 1 aromatic heterocycles. The number of halogens is 1. The third-order valence-corrected chi connectivity index (χ3v) is 3.91. The van der Waals surface area contributed by atoms with Gasteiger partial charge in [0.25, 0.3) is 0 Å². The number of rotatable bonds is 6. The monoisotopic (exact) mass is 303 g/mol. The first kappa shape index (κ1) is 16.4. The third-order valence-electron chi connectivity index (χ3n) is 3.18. The number of nitrogens with one attached hydrogen (secondary N) is 2. The number of nitrogens with zero attached hydrogens (tertiary/aromatic N) is 1. The lowest BCUT2D eigenvalue weighted by molar-refractivity contribution is -0.121. The molecule has 2 heterocycles. The number of piperazine rings is 1. The van der Waals surface area contributed by atoms with E-state index in [-0.39, 0.29) is 18.3 Å². The zero-order chi connectivity index (χ0) is 12.6. The van der Waals surface area contributed by atoms with Crippen LogP contribution in [0.15, 0.2) is 16.8 Å². The van der Waals surface area contributed by atoms with E-state index in [9.17, 15) is 4.79 Å². The van der Waals surface area contributed by atoms with Crippen molar-refractivity contribution >= 4 is 29.7 Å². The van der Waals surface area contributed by atoms with Crippen molar-refractivity contribution in [3.05, 3.63) is 22.4 Å². The van der Waals surface area contributed by atoms with Crippen LogP contribution in [0.5, 0.6) is 0 Å². The lowest BCUT2D eigenvalue weighted by atomic mass is 10.2. The van der Waals surface area contributed by atoms with Gasteiger partial charge in [-0.2, -0.15) is 11.3 Å². The molecule has 0 radical (unpaired) electrons. The summed E-state index contributed by atoms with van der Waals surface area (Å²) in [4.78, 5) is 14.0. The van der Waals surface area contributed by atoms with Crippen LogP contribution >= 0.6 is 23.7 Å². The summed E-state index contributed by atoms with van der Waals surface area (Å²) >= 11 is 1.68. The minimum Gasteiger partial charge on any atom is -0.355 e. The molecule has 2 N–H and O–H groups in total. The van der Waals surface area contributed by atoms with Crippen LogP contribution in [0.25, 0.3) is 0 Å². The van der Waals surface area contributed by atoms with Crippen LogP contribution in [0.2, 0.25) is 0 Å². The van der Waals surface area contributed by atoms with E-state index in [0.29, 0.717) is 6.42 Å². The molecule has 0 aromatic carbocycles. The fraction of sp³-hybridized carbons (Fsp3) is 0.615. The molecule has 6 heteroatoms. The average molecular weight is 304 g/mol. The summed E-state index contributed by atoms with van der Waals surface area (Å²) in [6.07, 6.45) is 1.45. The normalized spacial score (nSPS) is 15.8. The number of amides is 1. The second kappa shape index (κ2) is 9.31. The summed E-state index contributed by atoms with van der Waals surface area (Å²) in [7, 11) is 0. The lowest BCUT2D eigenvalue weighted by Crippen LogP contribution is -2.46. The molecule has 1 aliphatic rings. The molecule has 19 heavy (non-hydrogen) atoms. The van der Waals surface area contributed by atoms with Crippen LogP contribution in [-0.2, 0) is 11.2 Å². The van der Waals surface area contributed by atoms with Crippen molar-refractivity contribution in [1.29, 1.82) is 0 Å². The van der Waals surface area contributed by atoms with Gasteiger partial charge in [0.05, 0.1) is 0 Å². The summed E-state index contributed by atoms with van der Waals surface area (Å²) in [5, 5.41) is 10.5. The lowest BCUT2D eigenvalue weighted by Gasteiger charge is -2.27. The quantitative estimate of drug-likeness (QED) is 0.828. The molecule has 1 amide bonds. The Hall–Kier alpha value is -0.620. The molecule has 4 nitrogen and oxygen atoms in total. The molecule has 108 valence electrons. The van der Waals surface area contributed by atoms with Gasteiger partial charge in [0.2, 0.25) is 5.91 Å². The van der Waals surface area contributed by atoms with Crippen molar-refractivity contribution in [3.8, 4) is 0 Å². The molecule has 1 fully saturated rings. The van der Waals surface area contributed by atoms with Crippen molar-refractivity contribution in [1.82, 2.24) is 15.5 Å². The van der Waals surface area contributed by atoms with Gasteiger partial charge in [0.1, 0.15) is 0 Å². The first-order valence-electron chi connectivity index (χ1n) is 6.55. The largest absolute Gasteiger partial charge is 0.355 e. The molecule has 0 aliphatic carbocycles. The highest BCUT2D eigenvalue weighted by Gasteiger charge is 2.09. The van der Waals surface area contributed by atoms with Crippen molar-refractivity contribution in [3.63, 3.8) is 0 Å². The average Bonchev–Trinajstić information content (AvgIpc) is 2.91. The van der Waals surface area contributed by atoms with Gasteiger partial charge in [-0.15, -0.1) is 12.4 Å². The van der Waals surface area contributed by atoms with E-state index in [0.717, 1.165) is 45.7 Å². The highest BCUT2D eigenvalue weighted by Crippen LogP contribution is 2.07. The van der Waals surface area contributed by atoms with Crippen LogP contribution in [0, 0.1) is 0 Å². The van der Waals surface area contributed by atoms with Gasteiger partial charge < -0.3 is 10.6 Å². The summed E-state index contributed by atoms with van der Waals surface area (Å²) in [6, 6.07) is 2.08. The third kappa shape index (κ3) is 6.38. The van der Waals surface area contributed by atoms with Crippen molar-refractivity contribution in [2.24, 2.45) is 0 Å². The van der Waals surface area contributed by atoms with Gasteiger partial charge in [-0.05, 0) is 28.8 Å². The molecule has 0 bridgehead atoms. The highest BCUT2D eigenvalue weighted by molar-refractivity contribution is 7.07. The Kier molecular flexibility index (Phi) is 8.05. The Morgan fingerprint density at radius 2 is 2.21 bits per heavy atom. The Morgan fingerprint density at radius 3 is 2.89 bits per heavy atom. The van der Waals surface area contributed by atoms with Gasteiger partial charge in [0, 0.05) is 45.7 Å². The zero-order valence-corrected chi connectivity index (χ0v) is 12.7. The molecule has 0 spiro atoms. The predicted molar refractivity (Wildman–Crippen MR) is 82.2 cm³/mol. The number of thiophene rings is 1. The minimum atomic E-state index is 0. The van der Waals surface area contributed by atoms with E-state index in [4.69, 9.17) is 0 Å². The van der Waals surface area contributed by atoms with Crippen LogP contribution in [0.4, 0.5) is 0 Å². The van der Waals surface area contributed by atoms with Gasteiger partial charge >= 0.3 is 0 Å². The van der Waals surface area contributed by atoms with Crippen LogP contribution in [-0.4, -0.2) is 50.1 Å². The van der Waals surface area contributed by atoms with Crippen LogP contribution < -0.4 is 10.6 Å². The maximum absolute atomic E-state index is 11.6. The minimum absolute atomic E-state index is 0. The van der Waals surface area contributed by atoms with E-state index < -0.39 is 0 Å². The van der Waals surface area contributed by atoms with Crippen LogP contribution in [0.1, 0.15) is 12.0 Å². The van der Waals surface area contributed by atoms with E-state index in [1.165, 1.54) is 5.56 Å². The molecule has 0 atom stereocenters. The fourth-order valence-corrected chi connectivity index (χ4v) is 2.77. The molecule has 1 aliphatic heterocycles. The number of aryl methyl sites for hydroxylation is 1. The molecular weight excluding hydrogens is 282 g/mol. The molecule has 1 saturated heterocycles.